The molecule has 5 nitrogen and oxygen atoms in total. The molecule has 0 saturated carbocycles. The molecule has 92 valence electrons. The number of methoxy groups -OCH3 is 1. The minimum atomic E-state index is -0.381. The fraction of sp³-hybridized carbons (Fsp3) is 0.154. The summed E-state index contributed by atoms with van der Waals surface area (Å²) in [6, 6.07) is 6.73. The van der Waals surface area contributed by atoms with Crippen LogP contribution in [0, 0.1) is 0 Å². The molecule has 2 rings (SSSR count). The smallest absolute Gasteiger partial charge is 0.338 e. The lowest BCUT2D eigenvalue weighted by Gasteiger charge is -2.05. The third kappa shape index (κ3) is 3.04. The van der Waals surface area contributed by atoms with Crippen LogP contribution in [0.25, 0.3) is 0 Å². The standard InChI is InChI=1S/C13H12N2O3/c1-17-12-3-2-10(8-15-12)9-18-13(16)11-4-6-14-7-5-11/h2-8H,9H2,1H3. The van der Waals surface area contributed by atoms with Crippen molar-refractivity contribution in [3.05, 3.63) is 54.0 Å². The topological polar surface area (TPSA) is 61.3 Å². The number of carbonyl (C=O) groups excluding carboxylic acids is 1. The number of hydrogen-bond donors (Lipinski definition) is 0. The van der Waals surface area contributed by atoms with E-state index in [1.807, 2.05) is 0 Å². The van der Waals surface area contributed by atoms with E-state index in [0.717, 1.165) is 5.56 Å². The first-order valence-electron chi connectivity index (χ1n) is 5.35. The Kier molecular flexibility index (Phi) is 3.86. The first kappa shape index (κ1) is 12.0. The average Bonchev–Trinajstić information content (AvgIpc) is 2.46. The maximum absolute atomic E-state index is 11.6. The number of rotatable bonds is 4. The van der Waals surface area contributed by atoms with Crippen LogP contribution in [0.2, 0.25) is 0 Å². The third-order valence-electron chi connectivity index (χ3n) is 2.29. The molecule has 0 aliphatic heterocycles. The quantitative estimate of drug-likeness (QED) is 0.768. The number of pyridine rings is 2. The molecular formula is C13H12N2O3. The zero-order valence-electron chi connectivity index (χ0n) is 9.87. The van der Waals surface area contributed by atoms with E-state index in [9.17, 15) is 4.79 Å². The number of ether oxygens (including phenoxy) is 2. The summed E-state index contributed by atoms with van der Waals surface area (Å²) in [4.78, 5) is 19.5. The molecule has 0 bridgehead atoms. The molecule has 0 N–H and O–H groups in total. The molecule has 0 aliphatic carbocycles. The zero-order chi connectivity index (χ0) is 12.8. The predicted octanol–water partition coefficient (Wildman–Crippen LogP) is 1.84. The van der Waals surface area contributed by atoms with Crippen LogP contribution in [0.4, 0.5) is 0 Å². The zero-order valence-corrected chi connectivity index (χ0v) is 9.87. The van der Waals surface area contributed by atoms with Crippen LogP contribution in [0.3, 0.4) is 0 Å². The average molecular weight is 244 g/mol. The Hall–Kier alpha value is -2.43. The van der Waals surface area contributed by atoms with E-state index in [2.05, 4.69) is 9.97 Å². The molecule has 5 heteroatoms. The van der Waals surface area contributed by atoms with Crippen LogP contribution in [-0.2, 0) is 11.3 Å². The number of nitrogens with zero attached hydrogens (tertiary/aromatic N) is 2. The molecule has 0 fully saturated rings. The Labute approximate surface area is 104 Å². The van der Waals surface area contributed by atoms with E-state index >= 15 is 0 Å². The van der Waals surface area contributed by atoms with Crippen LogP contribution in [0.5, 0.6) is 5.88 Å². The van der Waals surface area contributed by atoms with Gasteiger partial charge in [-0.2, -0.15) is 0 Å². The van der Waals surface area contributed by atoms with Gasteiger partial charge in [-0.1, -0.05) is 0 Å². The third-order valence-corrected chi connectivity index (χ3v) is 2.29. The van der Waals surface area contributed by atoms with Gasteiger partial charge in [-0.25, -0.2) is 9.78 Å². The van der Waals surface area contributed by atoms with Crippen molar-refractivity contribution in [1.82, 2.24) is 9.97 Å². The summed E-state index contributed by atoms with van der Waals surface area (Å²) in [5.41, 5.74) is 1.28. The Morgan fingerprint density at radius 2 is 2.00 bits per heavy atom. The summed E-state index contributed by atoms with van der Waals surface area (Å²) in [7, 11) is 1.55. The predicted molar refractivity (Wildman–Crippen MR) is 64.1 cm³/mol. The van der Waals surface area contributed by atoms with Gasteiger partial charge in [0.05, 0.1) is 12.7 Å². The van der Waals surface area contributed by atoms with Crippen molar-refractivity contribution in [1.29, 1.82) is 0 Å². The highest BCUT2D eigenvalue weighted by molar-refractivity contribution is 5.89. The lowest BCUT2D eigenvalue weighted by atomic mass is 10.3. The second-order valence-corrected chi connectivity index (χ2v) is 3.52. The normalized spacial score (nSPS) is 9.83. The van der Waals surface area contributed by atoms with Crippen molar-refractivity contribution in [2.24, 2.45) is 0 Å². The molecule has 0 aromatic carbocycles. The summed E-state index contributed by atoms with van der Waals surface area (Å²) >= 11 is 0. The van der Waals surface area contributed by atoms with Crippen molar-refractivity contribution in [3.8, 4) is 5.88 Å². The Morgan fingerprint density at radius 1 is 1.22 bits per heavy atom. The monoisotopic (exact) mass is 244 g/mol. The molecule has 0 amide bonds. The van der Waals surface area contributed by atoms with Crippen molar-refractivity contribution in [2.75, 3.05) is 7.11 Å². The molecule has 0 saturated heterocycles. The maximum atomic E-state index is 11.6. The summed E-state index contributed by atoms with van der Waals surface area (Å²) in [6.07, 6.45) is 4.70. The summed E-state index contributed by atoms with van der Waals surface area (Å²) in [5.74, 6) is 0.146. The molecule has 18 heavy (non-hydrogen) atoms. The fourth-order valence-electron chi connectivity index (χ4n) is 1.34. The van der Waals surface area contributed by atoms with Gasteiger partial charge in [-0.3, -0.25) is 4.98 Å². The van der Waals surface area contributed by atoms with Crippen molar-refractivity contribution < 1.29 is 14.3 Å². The van der Waals surface area contributed by atoms with Crippen molar-refractivity contribution >= 4 is 5.97 Å². The van der Waals surface area contributed by atoms with Gasteiger partial charge >= 0.3 is 5.97 Å². The number of carbonyl (C=O) groups is 1. The van der Waals surface area contributed by atoms with E-state index in [1.54, 1.807) is 50.0 Å². The summed E-state index contributed by atoms with van der Waals surface area (Å²) in [6.45, 7) is 0.179. The van der Waals surface area contributed by atoms with E-state index in [-0.39, 0.29) is 12.6 Å². The molecule has 0 spiro atoms. The number of aromatic nitrogens is 2. The van der Waals surface area contributed by atoms with Crippen LogP contribution in [-0.4, -0.2) is 23.0 Å². The molecule has 2 heterocycles. The minimum Gasteiger partial charge on any atom is -0.481 e. The fourth-order valence-corrected chi connectivity index (χ4v) is 1.34. The van der Waals surface area contributed by atoms with Gasteiger partial charge in [0.2, 0.25) is 5.88 Å². The number of esters is 1. The SMILES string of the molecule is COc1ccc(COC(=O)c2ccncc2)cn1. The molecule has 2 aromatic rings. The molecule has 2 aromatic heterocycles. The van der Waals surface area contributed by atoms with E-state index in [4.69, 9.17) is 9.47 Å². The van der Waals surface area contributed by atoms with Gasteiger partial charge in [0, 0.05) is 30.2 Å². The molecule has 0 aliphatic rings. The van der Waals surface area contributed by atoms with Gasteiger partial charge < -0.3 is 9.47 Å². The van der Waals surface area contributed by atoms with Gasteiger partial charge in [-0.15, -0.1) is 0 Å². The number of hydrogen-bond acceptors (Lipinski definition) is 5. The van der Waals surface area contributed by atoms with Crippen LogP contribution in [0.15, 0.2) is 42.9 Å². The van der Waals surface area contributed by atoms with E-state index < -0.39 is 0 Å². The molecule has 0 atom stereocenters. The lowest BCUT2D eigenvalue weighted by Crippen LogP contribution is -2.05. The highest BCUT2D eigenvalue weighted by atomic mass is 16.5. The largest absolute Gasteiger partial charge is 0.481 e. The lowest BCUT2D eigenvalue weighted by molar-refractivity contribution is 0.0472. The Balaban J connectivity index is 1.93. The van der Waals surface area contributed by atoms with Gasteiger partial charge in [0.25, 0.3) is 0 Å². The molecule has 0 unspecified atom stereocenters. The minimum absolute atomic E-state index is 0.179. The molecule has 0 radical (unpaired) electrons. The van der Waals surface area contributed by atoms with Crippen LogP contribution >= 0.6 is 0 Å². The van der Waals surface area contributed by atoms with E-state index in [1.165, 1.54) is 0 Å². The van der Waals surface area contributed by atoms with Crippen LogP contribution in [0.1, 0.15) is 15.9 Å². The van der Waals surface area contributed by atoms with Gasteiger partial charge in [-0.05, 0) is 18.2 Å². The van der Waals surface area contributed by atoms with Crippen LogP contribution < -0.4 is 4.74 Å². The highest BCUT2D eigenvalue weighted by Crippen LogP contribution is 2.09. The second kappa shape index (κ2) is 5.77. The Morgan fingerprint density at radius 3 is 2.61 bits per heavy atom. The van der Waals surface area contributed by atoms with Gasteiger partial charge in [0.1, 0.15) is 6.61 Å². The highest BCUT2D eigenvalue weighted by Gasteiger charge is 2.06. The van der Waals surface area contributed by atoms with Crippen molar-refractivity contribution in [3.63, 3.8) is 0 Å². The summed E-state index contributed by atoms with van der Waals surface area (Å²) in [5, 5.41) is 0. The second-order valence-electron chi connectivity index (χ2n) is 3.52. The van der Waals surface area contributed by atoms with Gasteiger partial charge in [0.15, 0.2) is 0 Å². The first-order valence-corrected chi connectivity index (χ1v) is 5.35. The van der Waals surface area contributed by atoms with Crippen molar-refractivity contribution in [2.45, 2.75) is 6.61 Å². The maximum Gasteiger partial charge on any atom is 0.338 e. The first-order chi connectivity index (χ1) is 8.79. The Bertz CT molecular complexity index is 512. The summed E-state index contributed by atoms with van der Waals surface area (Å²) < 4.78 is 10.1. The molecular weight excluding hydrogens is 232 g/mol. The van der Waals surface area contributed by atoms with E-state index in [0.29, 0.717) is 11.4 Å².